The third-order valence-electron chi connectivity index (χ3n) is 2.50. The summed E-state index contributed by atoms with van der Waals surface area (Å²) in [5, 5.41) is 10.3. The van der Waals surface area contributed by atoms with E-state index in [1.54, 1.807) is 27.7 Å². The summed E-state index contributed by atoms with van der Waals surface area (Å²) in [6, 6.07) is -0.738. The first-order valence-corrected chi connectivity index (χ1v) is 5.50. The fourth-order valence-corrected chi connectivity index (χ4v) is 1.66. The van der Waals surface area contributed by atoms with E-state index in [-0.39, 0.29) is 5.91 Å². The molecule has 0 aliphatic rings. The molecule has 6 heteroatoms. The SMILES string of the molecule is CCC(C(=O)N(C)OC)N(C(=O)O)C(C)(C)C. The Labute approximate surface area is 102 Å². The van der Waals surface area contributed by atoms with Gasteiger partial charge in [0.25, 0.3) is 5.91 Å². The minimum absolute atomic E-state index is 0.368. The number of carboxylic acid groups (broad SMARTS) is 1. The number of rotatable bonds is 4. The highest BCUT2D eigenvalue weighted by Crippen LogP contribution is 2.20. The monoisotopic (exact) mass is 246 g/mol. The number of hydrogen-bond acceptors (Lipinski definition) is 3. The molecule has 17 heavy (non-hydrogen) atoms. The van der Waals surface area contributed by atoms with E-state index >= 15 is 0 Å². The van der Waals surface area contributed by atoms with Crippen LogP contribution in [0, 0.1) is 0 Å². The average molecular weight is 246 g/mol. The lowest BCUT2D eigenvalue weighted by molar-refractivity contribution is -0.175. The molecule has 1 N–H and O–H groups in total. The van der Waals surface area contributed by atoms with E-state index in [1.807, 2.05) is 0 Å². The van der Waals surface area contributed by atoms with Crippen LogP contribution in [-0.4, -0.2) is 52.8 Å². The van der Waals surface area contributed by atoms with Gasteiger partial charge in [-0.3, -0.25) is 14.5 Å². The van der Waals surface area contributed by atoms with Crippen molar-refractivity contribution in [1.82, 2.24) is 9.96 Å². The molecular weight excluding hydrogens is 224 g/mol. The maximum Gasteiger partial charge on any atom is 0.408 e. The van der Waals surface area contributed by atoms with Crippen molar-refractivity contribution >= 4 is 12.0 Å². The highest BCUT2D eigenvalue weighted by atomic mass is 16.7. The van der Waals surface area contributed by atoms with Crippen LogP contribution in [0.2, 0.25) is 0 Å². The first-order valence-electron chi connectivity index (χ1n) is 5.50. The Bertz CT molecular complexity index is 286. The van der Waals surface area contributed by atoms with Crippen LogP contribution < -0.4 is 0 Å². The predicted molar refractivity (Wildman–Crippen MR) is 63.5 cm³/mol. The molecule has 0 fully saturated rings. The van der Waals surface area contributed by atoms with Crippen LogP contribution >= 0.6 is 0 Å². The van der Waals surface area contributed by atoms with Gasteiger partial charge in [0.15, 0.2) is 0 Å². The molecule has 6 nitrogen and oxygen atoms in total. The van der Waals surface area contributed by atoms with Gasteiger partial charge in [0.1, 0.15) is 6.04 Å². The van der Waals surface area contributed by atoms with Gasteiger partial charge in [0.2, 0.25) is 0 Å². The van der Waals surface area contributed by atoms with Crippen molar-refractivity contribution in [3.63, 3.8) is 0 Å². The summed E-state index contributed by atoms with van der Waals surface area (Å²) in [5.41, 5.74) is -0.642. The van der Waals surface area contributed by atoms with E-state index in [0.717, 1.165) is 9.96 Å². The lowest BCUT2D eigenvalue weighted by atomic mass is 10.0. The number of hydrogen-bond donors (Lipinski definition) is 1. The van der Waals surface area contributed by atoms with Crippen LogP contribution in [0.1, 0.15) is 34.1 Å². The second-order valence-electron chi connectivity index (χ2n) is 4.77. The van der Waals surface area contributed by atoms with Gasteiger partial charge in [-0.25, -0.2) is 9.86 Å². The van der Waals surface area contributed by atoms with Gasteiger partial charge in [-0.1, -0.05) is 6.92 Å². The average Bonchev–Trinajstić information content (AvgIpc) is 2.20. The molecule has 0 aromatic heterocycles. The van der Waals surface area contributed by atoms with Crippen molar-refractivity contribution in [2.75, 3.05) is 14.2 Å². The Balaban J connectivity index is 5.19. The molecule has 100 valence electrons. The molecule has 2 amide bonds. The van der Waals surface area contributed by atoms with E-state index in [1.165, 1.54) is 14.2 Å². The molecule has 0 aliphatic heterocycles. The van der Waals surface area contributed by atoms with Gasteiger partial charge in [0, 0.05) is 12.6 Å². The molecule has 0 aromatic rings. The Morgan fingerprint density at radius 1 is 1.35 bits per heavy atom. The largest absolute Gasteiger partial charge is 0.465 e. The molecule has 1 unspecified atom stereocenters. The summed E-state index contributed by atoms with van der Waals surface area (Å²) >= 11 is 0. The maximum atomic E-state index is 12.0. The van der Waals surface area contributed by atoms with Gasteiger partial charge in [-0.15, -0.1) is 0 Å². The van der Waals surface area contributed by atoms with Crippen LogP contribution in [0.25, 0.3) is 0 Å². The maximum absolute atomic E-state index is 12.0. The highest BCUT2D eigenvalue weighted by molar-refractivity contribution is 5.84. The van der Waals surface area contributed by atoms with Crippen LogP contribution in [0.5, 0.6) is 0 Å². The fourth-order valence-electron chi connectivity index (χ4n) is 1.66. The first-order chi connectivity index (χ1) is 7.66. The quantitative estimate of drug-likeness (QED) is 0.764. The molecule has 0 bridgehead atoms. The molecule has 0 radical (unpaired) electrons. The third kappa shape index (κ3) is 3.89. The molecule has 0 rings (SSSR count). The Morgan fingerprint density at radius 3 is 2.06 bits per heavy atom. The van der Waals surface area contributed by atoms with Gasteiger partial charge >= 0.3 is 6.09 Å². The molecule has 0 heterocycles. The number of amides is 2. The van der Waals surface area contributed by atoms with E-state index in [0.29, 0.717) is 6.42 Å². The van der Waals surface area contributed by atoms with Crippen molar-refractivity contribution in [3.05, 3.63) is 0 Å². The Morgan fingerprint density at radius 2 is 1.82 bits per heavy atom. The minimum atomic E-state index is -1.11. The number of carbonyl (C=O) groups excluding carboxylic acids is 1. The van der Waals surface area contributed by atoms with E-state index in [4.69, 9.17) is 4.84 Å². The van der Waals surface area contributed by atoms with Gasteiger partial charge < -0.3 is 5.11 Å². The van der Waals surface area contributed by atoms with E-state index in [2.05, 4.69) is 0 Å². The summed E-state index contributed by atoms with van der Waals surface area (Å²) in [6.07, 6.45) is -0.710. The second kappa shape index (κ2) is 5.86. The zero-order valence-electron chi connectivity index (χ0n) is 11.4. The normalized spacial score (nSPS) is 13.1. The van der Waals surface area contributed by atoms with Crippen LogP contribution in [0.3, 0.4) is 0 Å². The van der Waals surface area contributed by atoms with Crippen molar-refractivity contribution in [1.29, 1.82) is 0 Å². The standard InChI is InChI=1S/C11H22N2O4/c1-7-8(9(14)12(5)17-6)13(10(15)16)11(2,3)4/h8H,7H2,1-6H3,(H,15,16). The molecule has 0 saturated heterocycles. The Kier molecular flexibility index (Phi) is 5.41. The topological polar surface area (TPSA) is 70.1 Å². The minimum Gasteiger partial charge on any atom is -0.465 e. The van der Waals surface area contributed by atoms with Crippen molar-refractivity contribution in [3.8, 4) is 0 Å². The smallest absolute Gasteiger partial charge is 0.408 e. The van der Waals surface area contributed by atoms with E-state index in [9.17, 15) is 14.7 Å². The zero-order chi connectivity index (χ0) is 13.8. The van der Waals surface area contributed by atoms with E-state index < -0.39 is 17.7 Å². The summed E-state index contributed by atoms with van der Waals surface area (Å²) in [5.74, 6) is -0.368. The summed E-state index contributed by atoms with van der Waals surface area (Å²) in [6.45, 7) is 7.03. The van der Waals surface area contributed by atoms with Gasteiger partial charge in [-0.2, -0.15) is 0 Å². The molecule has 1 atom stereocenters. The number of nitrogens with zero attached hydrogens (tertiary/aromatic N) is 2. The fraction of sp³-hybridized carbons (Fsp3) is 0.818. The van der Waals surface area contributed by atoms with Crippen LogP contribution in [0.15, 0.2) is 0 Å². The van der Waals surface area contributed by atoms with Gasteiger partial charge in [-0.05, 0) is 27.2 Å². The van der Waals surface area contributed by atoms with Crippen LogP contribution in [0.4, 0.5) is 4.79 Å². The zero-order valence-corrected chi connectivity index (χ0v) is 11.4. The van der Waals surface area contributed by atoms with Crippen LogP contribution in [-0.2, 0) is 9.63 Å². The Hall–Kier alpha value is -1.30. The van der Waals surface area contributed by atoms with Crippen molar-refractivity contribution in [2.45, 2.75) is 45.7 Å². The van der Waals surface area contributed by atoms with Crippen molar-refractivity contribution < 1.29 is 19.5 Å². The lowest BCUT2D eigenvalue weighted by Crippen LogP contribution is -2.56. The third-order valence-corrected chi connectivity index (χ3v) is 2.50. The molecule has 0 saturated carbocycles. The molecule has 0 aliphatic carbocycles. The number of likely N-dealkylation sites (N-methyl/N-ethyl adjacent to an activating group) is 1. The number of carbonyl (C=O) groups is 2. The van der Waals surface area contributed by atoms with Crippen molar-refractivity contribution in [2.24, 2.45) is 0 Å². The molecule has 0 spiro atoms. The molecular formula is C11H22N2O4. The summed E-state index contributed by atoms with van der Waals surface area (Å²) in [4.78, 5) is 29.2. The lowest BCUT2D eigenvalue weighted by Gasteiger charge is -2.39. The second-order valence-corrected chi connectivity index (χ2v) is 4.77. The number of hydroxylamine groups is 2. The highest BCUT2D eigenvalue weighted by Gasteiger charge is 2.37. The summed E-state index contributed by atoms with van der Waals surface area (Å²) in [7, 11) is 2.83. The predicted octanol–water partition coefficient (Wildman–Crippen LogP) is 1.56. The summed E-state index contributed by atoms with van der Waals surface area (Å²) < 4.78 is 0. The molecule has 0 aromatic carbocycles. The first kappa shape index (κ1) is 15.7. The van der Waals surface area contributed by atoms with Gasteiger partial charge in [0.05, 0.1) is 7.11 Å².